The number of hydrogen-bond acceptors (Lipinski definition) is 1. The minimum absolute atomic E-state index is 0.316. The van der Waals surface area contributed by atoms with E-state index in [1.165, 1.54) is 38.5 Å². The van der Waals surface area contributed by atoms with Crippen molar-refractivity contribution < 1.29 is 9.90 Å². The Morgan fingerprint density at radius 2 is 1.46 bits per heavy atom. The first-order valence-corrected chi connectivity index (χ1v) is 5.49. The second kappa shape index (κ2) is 9.56. The third-order valence-corrected chi connectivity index (χ3v) is 2.24. The lowest BCUT2D eigenvalue weighted by molar-refractivity contribution is -0.137. The molecular weight excluding hydrogens is 164 g/mol. The Morgan fingerprint density at radius 3 is 1.62 bits per heavy atom. The van der Waals surface area contributed by atoms with E-state index in [4.69, 9.17) is 5.11 Å². The van der Waals surface area contributed by atoms with E-state index in [0.717, 1.165) is 12.8 Å². The Hall–Kier alpha value is -0.530. The molecule has 0 aromatic heterocycles. The van der Waals surface area contributed by atoms with Gasteiger partial charge in [0.05, 0.1) is 0 Å². The van der Waals surface area contributed by atoms with E-state index >= 15 is 0 Å². The number of unbranched alkanes of at least 4 members (excludes halogenated alkanes) is 1. The molecule has 1 N–H and O–H groups in total. The van der Waals surface area contributed by atoms with E-state index in [9.17, 15) is 4.79 Å². The Labute approximate surface area is 81.3 Å². The van der Waals surface area contributed by atoms with E-state index in [1.807, 2.05) is 6.92 Å². The van der Waals surface area contributed by atoms with Crippen molar-refractivity contribution in [2.45, 2.75) is 64.7 Å². The molecule has 0 heterocycles. The van der Waals surface area contributed by atoms with Crippen LogP contribution in [-0.2, 0) is 4.79 Å². The fourth-order valence-corrected chi connectivity index (χ4v) is 1.39. The summed E-state index contributed by atoms with van der Waals surface area (Å²) in [6, 6.07) is 0. The minimum atomic E-state index is -0.693. The second-order valence-electron chi connectivity index (χ2n) is 3.62. The summed E-state index contributed by atoms with van der Waals surface area (Å²) in [4.78, 5) is 9.76. The second-order valence-corrected chi connectivity index (χ2v) is 3.62. The normalized spacial score (nSPS) is 15.8. The molecule has 0 amide bonds. The zero-order chi connectivity index (χ0) is 9.94. The van der Waals surface area contributed by atoms with Crippen molar-refractivity contribution in [1.82, 2.24) is 0 Å². The largest absolute Gasteiger partial charge is 0.481 e. The van der Waals surface area contributed by atoms with Crippen molar-refractivity contribution in [3.05, 3.63) is 0 Å². The maximum atomic E-state index is 9.76. The third kappa shape index (κ3) is 11.5. The molecule has 0 atom stereocenters. The number of carbonyl (C=O) groups is 1. The van der Waals surface area contributed by atoms with Crippen molar-refractivity contribution in [2.75, 3.05) is 0 Å². The molecule has 2 heteroatoms. The van der Waals surface area contributed by atoms with Gasteiger partial charge < -0.3 is 5.11 Å². The summed E-state index contributed by atoms with van der Waals surface area (Å²) in [7, 11) is 0. The van der Waals surface area contributed by atoms with Crippen LogP contribution in [0.2, 0.25) is 0 Å². The average molecular weight is 186 g/mol. The first kappa shape index (κ1) is 12.5. The van der Waals surface area contributed by atoms with Crippen molar-refractivity contribution in [3.8, 4) is 0 Å². The average Bonchev–Trinajstić information content (AvgIpc) is 2.18. The van der Waals surface area contributed by atoms with Gasteiger partial charge >= 0.3 is 5.97 Å². The molecular formula is C11H22O2. The van der Waals surface area contributed by atoms with Crippen molar-refractivity contribution in [1.29, 1.82) is 0 Å². The van der Waals surface area contributed by atoms with Crippen LogP contribution < -0.4 is 0 Å². The van der Waals surface area contributed by atoms with Gasteiger partial charge in [-0.15, -0.1) is 0 Å². The molecule has 1 aliphatic carbocycles. The summed E-state index contributed by atoms with van der Waals surface area (Å²) < 4.78 is 0. The number of carboxylic acid groups (broad SMARTS) is 1. The molecule has 0 bridgehead atoms. The van der Waals surface area contributed by atoms with Crippen LogP contribution >= 0.6 is 0 Å². The summed E-state index contributed by atoms with van der Waals surface area (Å²) in [5.41, 5.74) is 0. The van der Waals surface area contributed by atoms with Gasteiger partial charge in [-0.1, -0.05) is 51.9 Å². The quantitative estimate of drug-likeness (QED) is 0.731. The molecule has 0 unspecified atom stereocenters. The predicted molar refractivity (Wildman–Crippen MR) is 54.9 cm³/mol. The monoisotopic (exact) mass is 186 g/mol. The van der Waals surface area contributed by atoms with Crippen LogP contribution in [0.15, 0.2) is 0 Å². The molecule has 2 nitrogen and oxygen atoms in total. The van der Waals surface area contributed by atoms with Crippen LogP contribution in [0.3, 0.4) is 0 Å². The molecule has 1 fully saturated rings. The van der Waals surface area contributed by atoms with Crippen LogP contribution in [0.25, 0.3) is 0 Å². The highest BCUT2D eigenvalue weighted by molar-refractivity contribution is 5.66. The number of rotatable bonds is 3. The smallest absolute Gasteiger partial charge is 0.303 e. The maximum Gasteiger partial charge on any atom is 0.303 e. The van der Waals surface area contributed by atoms with Crippen molar-refractivity contribution >= 4 is 5.97 Å². The highest BCUT2D eigenvalue weighted by atomic mass is 16.4. The number of hydrogen-bond donors (Lipinski definition) is 1. The fourth-order valence-electron chi connectivity index (χ4n) is 1.39. The Morgan fingerprint density at radius 1 is 1.08 bits per heavy atom. The van der Waals surface area contributed by atoms with Gasteiger partial charge in [-0.3, -0.25) is 4.79 Å². The molecule has 0 aromatic carbocycles. The van der Waals surface area contributed by atoms with Gasteiger partial charge in [0.1, 0.15) is 0 Å². The summed E-state index contributed by atoms with van der Waals surface area (Å²) >= 11 is 0. The highest BCUT2D eigenvalue weighted by Gasteiger charge is 1.95. The van der Waals surface area contributed by atoms with Crippen LogP contribution in [0.5, 0.6) is 0 Å². The van der Waals surface area contributed by atoms with E-state index in [1.54, 1.807) is 0 Å². The lowest BCUT2D eigenvalue weighted by Gasteiger charge is -2.05. The first-order valence-electron chi connectivity index (χ1n) is 5.49. The van der Waals surface area contributed by atoms with Gasteiger partial charge in [0.15, 0.2) is 0 Å². The Kier molecular flexibility index (Phi) is 9.17. The maximum absolute atomic E-state index is 9.76. The predicted octanol–water partition coefficient (Wildman–Crippen LogP) is 3.60. The van der Waals surface area contributed by atoms with Crippen LogP contribution in [-0.4, -0.2) is 11.1 Å². The lowest BCUT2D eigenvalue weighted by atomic mass is 10.0. The summed E-state index contributed by atoms with van der Waals surface area (Å²) in [5, 5.41) is 8.04. The van der Waals surface area contributed by atoms with Crippen molar-refractivity contribution in [3.63, 3.8) is 0 Å². The molecule has 13 heavy (non-hydrogen) atoms. The zero-order valence-electron chi connectivity index (χ0n) is 8.72. The standard InChI is InChI=1S/C6H12.C5H10O2/c1-2-4-6-5-3-1;1-2-3-4-5(6)7/h1-6H2;2-4H2,1H3,(H,6,7). The lowest BCUT2D eigenvalue weighted by Crippen LogP contribution is -1.91. The highest BCUT2D eigenvalue weighted by Crippen LogP contribution is 2.15. The molecule has 0 spiro atoms. The van der Waals surface area contributed by atoms with Gasteiger partial charge in [-0.05, 0) is 6.42 Å². The minimum Gasteiger partial charge on any atom is -0.481 e. The van der Waals surface area contributed by atoms with Crippen LogP contribution in [0, 0.1) is 0 Å². The fraction of sp³-hybridized carbons (Fsp3) is 0.909. The summed E-state index contributed by atoms with van der Waals surface area (Å²) in [5.74, 6) is -0.693. The van der Waals surface area contributed by atoms with E-state index in [-0.39, 0.29) is 0 Å². The van der Waals surface area contributed by atoms with Crippen molar-refractivity contribution in [2.24, 2.45) is 0 Å². The molecule has 1 rings (SSSR count). The van der Waals surface area contributed by atoms with Gasteiger partial charge in [0, 0.05) is 6.42 Å². The number of carboxylic acids is 1. The Balaban J connectivity index is 0.000000223. The van der Waals surface area contributed by atoms with Gasteiger partial charge in [0.2, 0.25) is 0 Å². The summed E-state index contributed by atoms with van der Waals surface area (Å²) in [6.07, 6.45) is 11.1. The molecule has 1 aliphatic rings. The molecule has 0 radical (unpaired) electrons. The summed E-state index contributed by atoms with van der Waals surface area (Å²) in [6.45, 7) is 1.98. The third-order valence-electron chi connectivity index (χ3n) is 2.24. The van der Waals surface area contributed by atoms with Gasteiger partial charge in [-0.2, -0.15) is 0 Å². The van der Waals surface area contributed by atoms with Gasteiger partial charge in [-0.25, -0.2) is 0 Å². The number of aliphatic carboxylic acids is 1. The molecule has 0 aromatic rings. The molecule has 0 aliphatic heterocycles. The van der Waals surface area contributed by atoms with Crippen LogP contribution in [0.1, 0.15) is 64.7 Å². The van der Waals surface area contributed by atoms with E-state index in [0.29, 0.717) is 6.42 Å². The van der Waals surface area contributed by atoms with E-state index in [2.05, 4.69) is 0 Å². The zero-order valence-corrected chi connectivity index (χ0v) is 8.72. The molecule has 78 valence electrons. The molecule has 0 saturated heterocycles. The van der Waals surface area contributed by atoms with Crippen LogP contribution in [0.4, 0.5) is 0 Å². The first-order chi connectivity index (χ1) is 6.27. The van der Waals surface area contributed by atoms with Gasteiger partial charge in [0.25, 0.3) is 0 Å². The van der Waals surface area contributed by atoms with E-state index < -0.39 is 5.97 Å². The topological polar surface area (TPSA) is 37.3 Å². The SMILES string of the molecule is C1CCCCC1.CCCCC(=O)O. The Bertz CT molecular complexity index is 106. The molecule has 1 saturated carbocycles.